The third-order valence-electron chi connectivity index (χ3n) is 4.44. The van der Waals surface area contributed by atoms with Gasteiger partial charge in [-0.05, 0) is 58.4 Å². The van der Waals surface area contributed by atoms with Crippen molar-refractivity contribution < 1.29 is 13.9 Å². The topological polar surface area (TPSA) is 63.8 Å². The van der Waals surface area contributed by atoms with Crippen LogP contribution in [0.15, 0.2) is 83.6 Å². The monoisotopic (exact) mass is 638 g/mol. The van der Waals surface area contributed by atoms with E-state index in [1.807, 2.05) is 54.6 Å². The van der Waals surface area contributed by atoms with Gasteiger partial charge in [-0.1, -0.05) is 61.7 Å². The van der Waals surface area contributed by atoms with Crippen LogP contribution in [0.2, 0.25) is 5.02 Å². The molecular weight excluding hydrogens is 627 g/mol. The Morgan fingerprint density at radius 2 is 1.88 bits per heavy atom. The Labute approximate surface area is 214 Å². The molecule has 5 nitrogen and oxygen atoms in total. The molecule has 4 aromatic rings. The predicted octanol–water partition coefficient (Wildman–Crippen LogP) is 7.72. The van der Waals surface area contributed by atoms with Crippen molar-refractivity contribution in [2.45, 2.75) is 6.61 Å². The van der Waals surface area contributed by atoms with Crippen LogP contribution in [0.3, 0.4) is 0 Å². The summed E-state index contributed by atoms with van der Waals surface area (Å²) < 4.78 is 14.1. The lowest BCUT2D eigenvalue weighted by Crippen LogP contribution is -2.16. The maximum absolute atomic E-state index is 12.5. The Kier molecular flexibility index (Phi) is 7.35. The summed E-state index contributed by atoms with van der Waals surface area (Å²) >= 11 is 16.5. The fourth-order valence-corrected chi connectivity index (χ4v) is 4.83. The predicted molar refractivity (Wildman–Crippen MR) is 137 cm³/mol. The molecule has 1 N–H and O–H groups in total. The average Bonchev–Trinajstić information content (AvgIpc) is 3.19. The molecule has 32 heavy (non-hydrogen) atoms. The van der Waals surface area contributed by atoms with Gasteiger partial charge in [-0.2, -0.15) is 5.10 Å². The number of halogens is 4. The number of benzene rings is 3. The highest BCUT2D eigenvalue weighted by atomic mass is 79.9. The quantitative estimate of drug-likeness (QED) is 0.173. The zero-order valence-electron chi connectivity index (χ0n) is 16.2. The fourth-order valence-electron chi connectivity index (χ4n) is 2.93. The number of carbonyl (C=O) groups is 1. The Morgan fingerprint density at radius 1 is 1.06 bits per heavy atom. The number of amides is 1. The van der Waals surface area contributed by atoms with Crippen molar-refractivity contribution in [2.24, 2.45) is 5.10 Å². The van der Waals surface area contributed by atoms with E-state index < -0.39 is 5.91 Å². The van der Waals surface area contributed by atoms with Crippen LogP contribution in [0.1, 0.15) is 21.7 Å². The number of hydrogen-bond donors (Lipinski definition) is 1. The average molecular weight is 642 g/mol. The highest BCUT2D eigenvalue weighted by Crippen LogP contribution is 2.31. The van der Waals surface area contributed by atoms with Gasteiger partial charge in [0.1, 0.15) is 17.9 Å². The number of ether oxygens (including phenoxy) is 1. The van der Waals surface area contributed by atoms with Crippen molar-refractivity contribution in [1.29, 1.82) is 0 Å². The zero-order valence-corrected chi connectivity index (χ0v) is 21.8. The molecule has 0 bridgehead atoms. The van der Waals surface area contributed by atoms with E-state index in [4.69, 9.17) is 20.8 Å². The second-order valence-corrected chi connectivity index (χ2v) is 9.77. The summed E-state index contributed by atoms with van der Waals surface area (Å²) in [4.78, 5) is 12.5. The van der Waals surface area contributed by atoms with E-state index in [1.165, 1.54) is 6.21 Å². The van der Waals surface area contributed by atoms with Gasteiger partial charge in [0.25, 0.3) is 0 Å². The van der Waals surface area contributed by atoms with Gasteiger partial charge < -0.3 is 9.15 Å². The number of carbonyl (C=O) groups excluding carboxylic acids is 1. The molecule has 0 spiro atoms. The van der Waals surface area contributed by atoms with Gasteiger partial charge >= 0.3 is 5.91 Å². The fraction of sp³-hybridized carbons (Fsp3) is 0.0435. The van der Waals surface area contributed by atoms with Gasteiger partial charge in [0.2, 0.25) is 0 Å². The molecule has 0 saturated heterocycles. The molecule has 0 aliphatic heterocycles. The van der Waals surface area contributed by atoms with Crippen molar-refractivity contribution >= 4 is 82.5 Å². The lowest BCUT2D eigenvalue weighted by atomic mass is 10.2. The van der Waals surface area contributed by atoms with Crippen LogP contribution in [-0.2, 0) is 6.61 Å². The number of rotatable bonds is 6. The summed E-state index contributed by atoms with van der Waals surface area (Å²) in [5.74, 6) is 0.290. The van der Waals surface area contributed by atoms with Gasteiger partial charge in [-0.15, -0.1) is 0 Å². The molecule has 0 aliphatic carbocycles. The van der Waals surface area contributed by atoms with Crippen LogP contribution < -0.4 is 10.2 Å². The largest absolute Gasteiger partial charge is 0.488 e. The highest BCUT2D eigenvalue weighted by Gasteiger charge is 2.14. The molecule has 0 unspecified atom stereocenters. The van der Waals surface area contributed by atoms with Gasteiger partial charge in [-0.3, -0.25) is 4.79 Å². The maximum Gasteiger partial charge on any atom is 0.307 e. The Hall–Kier alpha value is -2.13. The van der Waals surface area contributed by atoms with Crippen molar-refractivity contribution in [3.63, 3.8) is 0 Å². The molecule has 0 aliphatic rings. The molecule has 0 saturated carbocycles. The Bertz CT molecular complexity index is 1340. The van der Waals surface area contributed by atoms with E-state index in [1.54, 1.807) is 6.07 Å². The third kappa shape index (κ3) is 5.43. The van der Waals surface area contributed by atoms with Crippen LogP contribution in [-0.4, -0.2) is 12.1 Å². The number of fused-ring (bicyclic) bond motifs is 1. The number of nitrogens with zero attached hydrogens (tertiary/aromatic N) is 1. The molecule has 0 radical (unpaired) electrons. The second kappa shape index (κ2) is 10.2. The van der Waals surface area contributed by atoms with Crippen molar-refractivity contribution in [3.05, 3.63) is 96.0 Å². The maximum atomic E-state index is 12.5. The SMILES string of the molecule is O=C(N/N=C\c1cc(Br)ccc1OCc1ccccc1Cl)c1cc2cc(Br)cc(Br)c2o1. The minimum Gasteiger partial charge on any atom is -0.488 e. The van der Waals surface area contributed by atoms with E-state index >= 15 is 0 Å². The molecule has 4 rings (SSSR count). The van der Waals surface area contributed by atoms with E-state index in [0.717, 1.165) is 24.4 Å². The number of hydrogen-bond acceptors (Lipinski definition) is 4. The normalized spacial score (nSPS) is 11.2. The first-order valence-electron chi connectivity index (χ1n) is 9.28. The molecule has 1 heterocycles. The highest BCUT2D eigenvalue weighted by molar-refractivity contribution is 9.11. The standard InChI is InChI=1S/C23H14Br3ClN2O3/c24-16-5-6-20(31-12-13-3-1-2-4-19(13)27)15(8-16)11-28-29-23(30)21-9-14-7-17(25)10-18(26)22(14)32-21/h1-11H,12H2,(H,29,30)/b28-11-. The van der Waals surface area contributed by atoms with Gasteiger partial charge in [0, 0.05) is 30.5 Å². The molecule has 162 valence electrons. The third-order valence-corrected chi connectivity index (χ3v) is 6.35. The summed E-state index contributed by atoms with van der Waals surface area (Å²) in [7, 11) is 0. The van der Waals surface area contributed by atoms with Crippen molar-refractivity contribution in [3.8, 4) is 5.75 Å². The summed E-state index contributed by atoms with van der Waals surface area (Å²) in [5, 5.41) is 5.50. The van der Waals surface area contributed by atoms with Gasteiger partial charge in [-0.25, -0.2) is 5.43 Å². The summed E-state index contributed by atoms with van der Waals surface area (Å²) in [6.45, 7) is 0.303. The Balaban J connectivity index is 1.48. The van der Waals surface area contributed by atoms with Gasteiger partial charge in [0.15, 0.2) is 5.76 Å². The van der Waals surface area contributed by atoms with Crippen LogP contribution in [0, 0.1) is 0 Å². The number of nitrogens with one attached hydrogen (secondary N) is 1. The van der Waals surface area contributed by atoms with Crippen molar-refractivity contribution in [2.75, 3.05) is 0 Å². The molecule has 1 amide bonds. The molecule has 0 fully saturated rings. The minimum absolute atomic E-state index is 0.153. The lowest BCUT2D eigenvalue weighted by Gasteiger charge is -2.10. The second-order valence-electron chi connectivity index (χ2n) is 6.68. The first-order valence-corrected chi connectivity index (χ1v) is 12.0. The van der Waals surface area contributed by atoms with E-state index in [0.29, 0.717) is 28.5 Å². The number of hydrazone groups is 1. The summed E-state index contributed by atoms with van der Waals surface area (Å²) in [6.07, 6.45) is 1.51. The zero-order chi connectivity index (χ0) is 22.7. The van der Waals surface area contributed by atoms with E-state index in [9.17, 15) is 4.79 Å². The first kappa shape index (κ1) is 23.0. The molecule has 1 aromatic heterocycles. The lowest BCUT2D eigenvalue weighted by molar-refractivity contribution is 0.0929. The van der Waals surface area contributed by atoms with E-state index in [2.05, 4.69) is 58.3 Å². The minimum atomic E-state index is -0.464. The first-order chi connectivity index (χ1) is 15.4. The van der Waals surface area contributed by atoms with Crippen LogP contribution in [0.4, 0.5) is 0 Å². The van der Waals surface area contributed by atoms with Gasteiger partial charge in [0.05, 0.1) is 10.7 Å². The van der Waals surface area contributed by atoms with Crippen LogP contribution in [0.25, 0.3) is 11.0 Å². The van der Waals surface area contributed by atoms with Crippen LogP contribution >= 0.6 is 59.4 Å². The molecule has 3 aromatic carbocycles. The van der Waals surface area contributed by atoms with E-state index in [-0.39, 0.29) is 5.76 Å². The van der Waals surface area contributed by atoms with Crippen molar-refractivity contribution in [1.82, 2.24) is 5.43 Å². The summed E-state index contributed by atoms with van der Waals surface area (Å²) in [6, 6.07) is 18.4. The summed E-state index contributed by atoms with van der Waals surface area (Å²) in [5.41, 5.74) is 4.63. The Morgan fingerprint density at radius 3 is 2.69 bits per heavy atom. The number of furan rings is 1. The molecule has 9 heteroatoms. The smallest absolute Gasteiger partial charge is 0.307 e. The molecular formula is C23H14Br3ClN2O3. The van der Waals surface area contributed by atoms with Crippen LogP contribution in [0.5, 0.6) is 5.75 Å². The molecule has 0 atom stereocenters.